The summed E-state index contributed by atoms with van der Waals surface area (Å²) in [6, 6.07) is 7.54. The van der Waals surface area contributed by atoms with Crippen molar-refractivity contribution in [1.82, 2.24) is 9.47 Å². The Hall–Kier alpha value is -2.18. The molecule has 1 aliphatic rings. The van der Waals surface area contributed by atoms with Crippen molar-refractivity contribution >= 4 is 22.7 Å². The Labute approximate surface area is 140 Å². The molecule has 1 fully saturated rings. The molecule has 6 nitrogen and oxygen atoms in total. The summed E-state index contributed by atoms with van der Waals surface area (Å²) in [5, 5.41) is 9.90. The lowest BCUT2D eigenvalue weighted by molar-refractivity contribution is -0.131. The maximum atomic E-state index is 12.2. The lowest BCUT2D eigenvalue weighted by atomic mass is 10.1. The minimum Gasteiger partial charge on any atom is -0.475 e. The van der Waals surface area contributed by atoms with Gasteiger partial charge in [-0.1, -0.05) is 25.1 Å². The van der Waals surface area contributed by atoms with Crippen LogP contribution in [-0.2, 0) is 22.5 Å². The highest BCUT2D eigenvalue weighted by molar-refractivity contribution is 6.42. The largest absolute Gasteiger partial charge is 0.475 e. The fraction of sp³-hybridized carbons (Fsp3) is 0.444. The van der Waals surface area contributed by atoms with Gasteiger partial charge in [-0.3, -0.25) is 9.69 Å². The Morgan fingerprint density at radius 3 is 2.54 bits per heavy atom. The van der Waals surface area contributed by atoms with Crippen LogP contribution < -0.4 is 0 Å². The molecule has 2 aromatic rings. The molecule has 1 aromatic carbocycles. The number of morpholine rings is 1. The Morgan fingerprint density at radius 2 is 1.88 bits per heavy atom. The number of ketones is 1. The zero-order valence-electron chi connectivity index (χ0n) is 13.8. The summed E-state index contributed by atoms with van der Waals surface area (Å²) < 4.78 is 7.47. The van der Waals surface area contributed by atoms with Gasteiger partial charge in [0.15, 0.2) is 0 Å². The molecule has 0 radical (unpaired) electrons. The predicted molar refractivity (Wildman–Crippen MR) is 90.5 cm³/mol. The highest BCUT2D eigenvalue weighted by atomic mass is 16.5. The molecule has 1 aliphatic heterocycles. The topological polar surface area (TPSA) is 71.8 Å². The fourth-order valence-electron chi connectivity index (χ4n) is 3.41. The molecule has 0 aliphatic carbocycles. The van der Waals surface area contributed by atoms with Crippen molar-refractivity contribution in [3.8, 4) is 0 Å². The van der Waals surface area contributed by atoms with Crippen molar-refractivity contribution in [2.24, 2.45) is 0 Å². The van der Waals surface area contributed by atoms with Crippen LogP contribution in [0, 0.1) is 0 Å². The number of carbonyl (C=O) groups excluding carboxylic acids is 1. The van der Waals surface area contributed by atoms with Gasteiger partial charge in [0.25, 0.3) is 5.78 Å². The molecule has 1 aromatic heterocycles. The number of para-hydroxylation sites is 1. The van der Waals surface area contributed by atoms with E-state index in [4.69, 9.17) is 4.74 Å². The number of aliphatic carboxylic acids is 1. The summed E-state index contributed by atoms with van der Waals surface area (Å²) in [5.41, 5.74) is 2.06. The molecule has 1 N–H and O–H groups in total. The molecule has 3 rings (SSSR count). The second-order valence-electron chi connectivity index (χ2n) is 5.93. The third-order valence-electron chi connectivity index (χ3n) is 4.58. The van der Waals surface area contributed by atoms with Crippen molar-refractivity contribution in [2.45, 2.75) is 19.9 Å². The third-order valence-corrected chi connectivity index (χ3v) is 4.58. The first-order valence-electron chi connectivity index (χ1n) is 8.31. The predicted octanol–water partition coefficient (Wildman–Crippen LogP) is 1.80. The average Bonchev–Trinajstić information content (AvgIpc) is 2.93. The number of carbonyl (C=O) groups is 2. The van der Waals surface area contributed by atoms with Crippen LogP contribution in [-0.4, -0.2) is 59.2 Å². The molecule has 0 amide bonds. The van der Waals surface area contributed by atoms with E-state index in [0.29, 0.717) is 12.0 Å². The summed E-state index contributed by atoms with van der Waals surface area (Å²) in [5.74, 6) is -2.23. The van der Waals surface area contributed by atoms with E-state index < -0.39 is 11.8 Å². The number of aromatic nitrogens is 1. The van der Waals surface area contributed by atoms with Gasteiger partial charge in [-0.2, -0.15) is 0 Å². The van der Waals surface area contributed by atoms with E-state index in [2.05, 4.69) is 9.47 Å². The summed E-state index contributed by atoms with van der Waals surface area (Å²) in [6.07, 6.45) is 0.617. The van der Waals surface area contributed by atoms with Gasteiger partial charge >= 0.3 is 5.97 Å². The minimum atomic E-state index is -1.40. The van der Waals surface area contributed by atoms with Crippen LogP contribution in [0.3, 0.4) is 0 Å². The monoisotopic (exact) mass is 330 g/mol. The van der Waals surface area contributed by atoms with Crippen LogP contribution in [0.1, 0.15) is 23.0 Å². The van der Waals surface area contributed by atoms with Gasteiger partial charge in [0, 0.05) is 42.8 Å². The van der Waals surface area contributed by atoms with E-state index >= 15 is 0 Å². The molecule has 128 valence electrons. The Bertz CT molecular complexity index is 760. The normalized spacial score (nSPS) is 15.7. The minimum absolute atomic E-state index is 0.336. The number of fused-ring (bicyclic) bond motifs is 1. The Kier molecular flexibility index (Phi) is 4.97. The Balaban J connectivity index is 1.99. The summed E-state index contributed by atoms with van der Waals surface area (Å²) in [4.78, 5) is 25.8. The second-order valence-corrected chi connectivity index (χ2v) is 5.93. The highest BCUT2D eigenvalue weighted by Crippen LogP contribution is 2.27. The molecular weight excluding hydrogens is 308 g/mol. The van der Waals surface area contributed by atoms with Gasteiger partial charge in [0.2, 0.25) is 0 Å². The quantitative estimate of drug-likeness (QED) is 0.646. The average molecular weight is 330 g/mol. The molecule has 24 heavy (non-hydrogen) atoms. The number of nitrogens with zero attached hydrogens (tertiary/aromatic N) is 2. The number of ether oxygens (including phenoxy) is 1. The number of rotatable bonds is 6. The van der Waals surface area contributed by atoms with Crippen molar-refractivity contribution in [3.63, 3.8) is 0 Å². The van der Waals surface area contributed by atoms with Gasteiger partial charge in [0.05, 0.1) is 18.8 Å². The van der Waals surface area contributed by atoms with Crippen molar-refractivity contribution in [2.75, 3.05) is 32.8 Å². The van der Waals surface area contributed by atoms with Crippen molar-refractivity contribution in [1.29, 1.82) is 0 Å². The second kappa shape index (κ2) is 7.15. The molecule has 0 unspecified atom stereocenters. The maximum Gasteiger partial charge on any atom is 0.377 e. The van der Waals surface area contributed by atoms with Crippen molar-refractivity contribution < 1.29 is 19.4 Å². The molecule has 0 spiro atoms. The SMILES string of the molecule is CCc1c(C(=O)C(=O)O)c2ccccc2n1CCN1CCOCC1. The number of hydrogen-bond donors (Lipinski definition) is 1. The van der Waals surface area contributed by atoms with E-state index in [-0.39, 0.29) is 0 Å². The first-order valence-corrected chi connectivity index (χ1v) is 8.31. The summed E-state index contributed by atoms with van der Waals surface area (Å²) >= 11 is 0. The summed E-state index contributed by atoms with van der Waals surface area (Å²) in [6.45, 7) is 6.85. The van der Waals surface area contributed by atoms with Crippen LogP contribution in [0.4, 0.5) is 0 Å². The molecular formula is C18H22N2O4. The third kappa shape index (κ3) is 3.07. The zero-order valence-corrected chi connectivity index (χ0v) is 13.8. The molecule has 0 atom stereocenters. The Morgan fingerprint density at radius 1 is 1.17 bits per heavy atom. The first-order chi connectivity index (χ1) is 11.6. The van der Waals surface area contributed by atoms with E-state index in [9.17, 15) is 14.7 Å². The lowest BCUT2D eigenvalue weighted by Crippen LogP contribution is -2.38. The summed E-state index contributed by atoms with van der Waals surface area (Å²) in [7, 11) is 0. The first kappa shape index (κ1) is 16.7. The van der Waals surface area contributed by atoms with Gasteiger partial charge in [-0.05, 0) is 12.5 Å². The van der Waals surface area contributed by atoms with Crippen molar-refractivity contribution in [3.05, 3.63) is 35.5 Å². The maximum absolute atomic E-state index is 12.2. The molecule has 0 bridgehead atoms. The van der Waals surface area contributed by atoms with Gasteiger partial charge in [-0.15, -0.1) is 0 Å². The highest BCUT2D eigenvalue weighted by Gasteiger charge is 2.25. The number of hydrogen-bond acceptors (Lipinski definition) is 4. The van der Waals surface area contributed by atoms with E-state index in [0.717, 1.165) is 56.0 Å². The number of Topliss-reactive ketones (excluding diaryl/α,β-unsaturated/α-hetero) is 1. The van der Waals surface area contributed by atoms with Gasteiger partial charge in [-0.25, -0.2) is 4.79 Å². The molecule has 0 saturated carbocycles. The van der Waals surface area contributed by atoms with Crippen LogP contribution in [0.15, 0.2) is 24.3 Å². The fourth-order valence-corrected chi connectivity index (χ4v) is 3.41. The van der Waals surface area contributed by atoms with Gasteiger partial charge in [0.1, 0.15) is 0 Å². The van der Waals surface area contributed by atoms with Crippen LogP contribution in [0.5, 0.6) is 0 Å². The van der Waals surface area contributed by atoms with Crippen LogP contribution in [0.2, 0.25) is 0 Å². The number of benzene rings is 1. The standard InChI is InChI=1S/C18H22N2O4/c1-2-14-16(17(21)18(22)23)13-5-3-4-6-15(13)20(14)8-7-19-9-11-24-12-10-19/h3-6H,2,7-12H2,1H3,(H,22,23). The molecule has 2 heterocycles. The van der Waals surface area contributed by atoms with Gasteiger partial charge < -0.3 is 14.4 Å². The molecule has 6 heteroatoms. The number of carboxylic acid groups (broad SMARTS) is 1. The zero-order chi connectivity index (χ0) is 17.1. The van der Waals surface area contributed by atoms with Crippen LogP contribution in [0.25, 0.3) is 10.9 Å². The van der Waals surface area contributed by atoms with E-state index in [1.54, 1.807) is 0 Å². The smallest absolute Gasteiger partial charge is 0.377 e. The number of carboxylic acids is 1. The van der Waals surface area contributed by atoms with E-state index in [1.807, 2.05) is 31.2 Å². The van der Waals surface area contributed by atoms with Crippen LogP contribution >= 0.6 is 0 Å². The molecule has 1 saturated heterocycles. The lowest BCUT2D eigenvalue weighted by Gasteiger charge is -2.27. The van der Waals surface area contributed by atoms with E-state index in [1.165, 1.54) is 0 Å².